The predicted molar refractivity (Wildman–Crippen MR) is 129 cm³/mol. The molecule has 35 heavy (non-hydrogen) atoms. The minimum atomic E-state index is -1.65. The van der Waals surface area contributed by atoms with Crippen LogP contribution in [-0.2, 0) is 24.0 Å². The van der Waals surface area contributed by atoms with E-state index in [4.69, 9.17) is 5.73 Å². The number of aromatic amines is 1. The van der Waals surface area contributed by atoms with Gasteiger partial charge >= 0.3 is 5.91 Å². The number of anilines is 1. The van der Waals surface area contributed by atoms with Crippen LogP contribution in [0.2, 0.25) is 0 Å². The fourth-order valence-corrected chi connectivity index (χ4v) is 3.66. The van der Waals surface area contributed by atoms with E-state index >= 15 is 0 Å². The second-order valence-corrected chi connectivity index (χ2v) is 8.47. The Labute approximate surface area is 204 Å². The van der Waals surface area contributed by atoms with Gasteiger partial charge in [0, 0.05) is 6.42 Å². The molecule has 1 amide bonds. The molecule has 2 heterocycles. The van der Waals surface area contributed by atoms with Crippen LogP contribution in [0.4, 0.5) is 5.82 Å². The van der Waals surface area contributed by atoms with E-state index in [1.165, 1.54) is 44.9 Å². The van der Waals surface area contributed by atoms with Gasteiger partial charge in [-0.05, 0) is 19.4 Å². The molecule has 0 saturated heterocycles. The Morgan fingerprint density at radius 1 is 0.714 bits per heavy atom. The van der Waals surface area contributed by atoms with Crippen molar-refractivity contribution < 1.29 is 24.0 Å². The van der Waals surface area contributed by atoms with Crippen LogP contribution < -0.4 is 11.1 Å². The number of hydrogen-bond donors (Lipinski definition) is 3. The average Bonchev–Trinajstić information content (AvgIpc) is 3.35. The van der Waals surface area contributed by atoms with E-state index in [2.05, 4.69) is 25.3 Å². The van der Waals surface area contributed by atoms with Gasteiger partial charge in [-0.25, -0.2) is 15.0 Å². The second kappa shape index (κ2) is 15.5. The van der Waals surface area contributed by atoms with Gasteiger partial charge in [-0.2, -0.15) is 0 Å². The lowest BCUT2D eigenvalue weighted by molar-refractivity contribution is -0.150. The van der Waals surface area contributed by atoms with Gasteiger partial charge in [0.25, 0.3) is 17.3 Å². The number of unbranched alkanes of at least 4 members (excludes halogenated alkanes) is 11. The van der Waals surface area contributed by atoms with Crippen molar-refractivity contribution in [3.05, 3.63) is 12.7 Å². The molecule has 190 valence electrons. The van der Waals surface area contributed by atoms with Gasteiger partial charge in [0.2, 0.25) is 5.78 Å². The third-order valence-electron chi connectivity index (χ3n) is 5.68. The SMILES string of the molecule is NCCCCCCCCCCCCCCC(=O)C(=O)C(=O)C(=O)C(=O)Nc1ncnc2[nH]cnc12. The lowest BCUT2D eigenvalue weighted by Crippen LogP contribution is -2.37. The van der Waals surface area contributed by atoms with Crippen molar-refractivity contribution in [2.75, 3.05) is 11.9 Å². The molecule has 4 N–H and O–H groups in total. The maximum absolute atomic E-state index is 12.1. The highest BCUT2D eigenvalue weighted by Crippen LogP contribution is 2.15. The second-order valence-electron chi connectivity index (χ2n) is 8.47. The molecule has 2 aromatic heterocycles. The first-order chi connectivity index (χ1) is 17.0. The minimum absolute atomic E-state index is 0.0938. The van der Waals surface area contributed by atoms with E-state index in [-0.39, 0.29) is 17.8 Å². The largest absolute Gasteiger partial charge is 0.330 e. The summed E-state index contributed by atoms with van der Waals surface area (Å²) in [4.78, 5) is 74.5. The fourth-order valence-electron chi connectivity index (χ4n) is 3.66. The molecule has 0 aliphatic carbocycles. The smallest absolute Gasteiger partial charge is 0.301 e. The molecular formula is C24H34N6O5. The molecule has 2 rings (SSSR count). The third-order valence-corrected chi connectivity index (χ3v) is 5.68. The van der Waals surface area contributed by atoms with E-state index in [0.717, 1.165) is 45.0 Å². The summed E-state index contributed by atoms with van der Waals surface area (Å²) < 4.78 is 0. The van der Waals surface area contributed by atoms with Crippen LogP contribution in [0.25, 0.3) is 11.2 Å². The number of carbonyl (C=O) groups is 5. The lowest BCUT2D eigenvalue weighted by atomic mass is 10.0. The van der Waals surface area contributed by atoms with Crippen molar-refractivity contribution in [1.82, 2.24) is 19.9 Å². The number of H-pyrrole nitrogens is 1. The molecule has 0 spiro atoms. The normalized spacial score (nSPS) is 10.9. The van der Waals surface area contributed by atoms with Crippen LogP contribution in [0, 0.1) is 0 Å². The van der Waals surface area contributed by atoms with Gasteiger partial charge in [-0.3, -0.25) is 24.0 Å². The number of carbonyl (C=O) groups excluding carboxylic acids is 5. The minimum Gasteiger partial charge on any atom is -0.330 e. The molecule has 0 aromatic carbocycles. The van der Waals surface area contributed by atoms with Crippen LogP contribution in [0.3, 0.4) is 0 Å². The molecule has 0 aliphatic heterocycles. The number of nitrogens with one attached hydrogen (secondary N) is 2. The highest BCUT2D eigenvalue weighted by atomic mass is 16.2. The first kappa shape index (κ1) is 27.9. The summed E-state index contributed by atoms with van der Waals surface area (Å²) in [6.45, 7) is 0.770. The summed E-state index contributed by atoms with van der Waals surface area (Å²) in [5, 5.41) is 2.13. The molecule has 0 bridgehead atoms. The summed E-state index contributed by atoms with van der Waals surface area (Å²) in [7, 11) is 0. The Hall–Kier alpha value is -3.34. The first-order valence-electron chi connectivity index (χ1n) is 12.3. The molecule has 0 fully saturated rings. The van der Waals surface area contributed by atoms with Crippen molar-refractivity contribution in [2.45, 2.75) is 83.5 Å². The topological polar surface area (TPSA) is 178 Å². The lowest BCUT2D eigenvalue weighted by Gasteiger charge is -2.04. The average molecular weight is 487 g/mol. The number of Topliss-reactive ketones (excluding diaryl/α,β-unsaturated/α-hetero) is 4. The molecule has 11 heteroatoms. The van der Waals surface area contributed by atoms with Crippen LogP contribution in [-0.4, -0.2) is 55.5 Å². The third kappa shape index (κ3) is 9.44. The van der Waals surface area contributed by atoms with Crippen molar-refractivity contribution >= 4 is 46.0 Å². The van der Waals surface area contributed by atoms with Gasteiger partial charge in [-0.1, -0.05) is 64.2 Å². The van der Waals surface area contributed by atoms with Crippen LogP contribution in [0.5, 0.6) is 0 Å². The van der Waals surface area contributed by atoms with Gasteiger partial charge < -0.3 is 16.0 Å². The van der Waals surface area contributed by atoms with Gasteiger partial charge in [-0.15, -0.1) is 0 Å². The van der Waals surface area contributed by atoms with Crippen molar-refractivity contribution in [3.63, 3.8) is 0 Å². The quantitative estimate of drug-likeness (QED) is 0.153. The zero-order valence-corrected chi connectivity index (χ0v) is 20.0. The van der Waals surface area contributed by atoms with E-state index in [1.807, 2.05) is 0 Å². The molecule has 11 nitrogen and oxygen atoms in total. The van der Waals surface area contributed by atoms with E-state index < -0.39 is 29.0 Å². The maximum Gasteiger partial charge on any atom is 0.301 e. The Bertz CT molecular complexity index is 1020. The molecule has 0 radical (unpaired) electrons. The van der Waals surface area contributed by atoms with Crippen LogP contribution in [0.1, 0.15) is 83.5 Å². The van der Waals surface area contributed by atoms with E-state index in [0.29, 0.717) is 12.1 Å². The van der Waals surface area contributed by atoms with Crippen molar-refractivity contribution in [2.24, 2.45) is 5.73 Å². The molecule has 0 aliphatic rings. The molecule has 2 aromatic rings. The van der Waals surface area contributed by atoms with E-state index in [9.17, 15) is 24.0 Å². The number of fused-ring (bicyclic) bond motifs is 1. The molecule has 0 atom stereocenters. The maximum atomic E-state index is 12.1. The Morgan fingerprint density at radius 2 is 1.29 bits per heavy atom. The fraction of sp³-hybridized carbons (Fsp3) is 0.583. The number of amides is 1. The summed E-state index contributed by atoms with van der Waals surface area (Å²) in [5.41, 5.74) is 5.97. The first-order valence-corrected chi connectivity index (χ1v) is 12.3. The van der Waals surface area contributed by atoms with Gasteiger partial charge in [0.05, 0.1) is 6.33 Å². The standard InChI is InChI=1S/C24H34N6O5/c25-14-12-10-8-6-4-2-1-3-5-7-9-11-13-17(31)19(32)20(33)21(34)24(35)30-23-18-22(27-15-26-18)28-16-29-23/h15-16H,1-14,25H2,(H2,26,27,28,29,30,35). The molecular weight excluding hydrogens is 452 g/mol. The summed E-state index contributed by atoms with van der Waals surface area (Å²) in [6.07, 6.45) is 15.1. The highest BCUT2D eigenvalue weighted by molar-refractivity contribution is 6.87. The number of nitrogens with two attached hydrogens (primary N) is 1. The number of hydrogen-bond acceptors (Lipinski definition) is 9. The number of aromatic nitrogens is 4. The van der Waals surface area contributed by atoms with Crippen LogP contribution in [0.15, 0.2) is 12.7 Å². The molecule has 0 unspecified atom stereocenters. The summed E-state index contributed by atoms with van der Waals surface area (Å²) in [5.74, 6) is -7.15. The van der Waals surface area contributed by atoms with Crippen molar-refractivity contribution in [3.8, 4) is 0 Å². The highest BCUT2D eigenvalue weighted by Gasteiger charge is 2.33. The molecule has 0 saturated carbocycles. The summed E-state index contributed by atoms with van der Waals surface area (Å²) >= 11 is 0. The Balaban J connectivity index is 1.59. The number of ketones is 4. The van der Waals surface area contributed by atoms with Crippen LogP contribution >= 0.6 is 0 Å². The van der Waals surface area contributed by atoms with Crippen molar-refractivity contribution in [1.29, 1.82) is 0 Å². The summed E-state index contributed by atoms with van der Waals surface area (Å²) in [6, 6.07) is 0. The number of nitrogens with zero attached hydrogens (tertiary/aromatic N) is 3. The monoisotopic (exact) mass is 486 g/mol. The zero-order valence-electron chi connectivity index (χ0n) is 20.0. The zero-order chi connectivity index (χ0) is 25.5. The number of rotatable bonds is 19. The Kier molecular flexibility index (Phi) is 12.4. The number of imidazole rings is 1. The van der Waals surface area contributed by atoms with Gasteiger partial charge in [0.1, 0.15) is 6.33 Å². The van der Waals surface area contributed by atoms with E-state index in [1.54, 1.807) is 0 Å². The Morgan fingerprint density at radius 3 is 1.89 bits per heavy atom. The van der Waals surface area contributed by atoms with Gasteiger partial charge in [0.15, 0.2) is 17.0 Å². The predicted octanol–water partition coefficient (Wildman–Crippen LogP) is 2.60.